The number of anilines is 2. The molecule has 0 aliphatic rings. The zero-order chi connectivity index (χ0) is 15.4. The Labute approximate surface area is 127 Å². The first kappa shape index (κ1) is 15.2. The Hall–Kier alpha value is -2.21. The average Bonchev–Trinajstić information content (AvgIpc) is 2.87. The van der Waals surface area contributed by atoms with Gasteiger partial charge in [0.05, 0.1) is 5.69 Å². The van der Waals surface area contributed by atoms with Crippen molar-refractivity contribution in [2.24, 2.45) is 5.92 Å². The van der Waals surface area contributed by atoms with Crippen molar-refractivity contribution in [1.82, 2.24) is 4.98 Å². The number of amides is 2. The standard InChI is InChI=1S/C15H17N3O2S/c1-9(2)14(20)18-15-17-13(8-21-15)11-4-6-12(7-5-11)16-10(3)19/h4-9H,1-3H3,(H,16,19)(H,17,18,20). The summed E-state index contributed by atoms with van der Waals surface area (Å²) in [5.74, 6) is -0.221. The molecule has 1 heterocycles. The van der Waals surface area contributed by atoms with Crippen LogP contribution < -0.4 is 10.6 Å². The molecule has 2 N–H and O–H groups in total. The highest BCUT2D eigenvalue weighted by Gasteiger charge is 2.10. The van der Waals surface area contributed by atoms with Gasteiger partial charge in [0.2, 0.25) is 11.8 Å². The Morgan fingerprint density at radius 1 is 1.14 bits per heavy atom. The summed E-state index contributed by atoms with van der Waals surface area (Å²) in [5.41, 5.74) is 2.48. The monoisotopic (exact) mass is 303 g/mol. The van der Waals surface area contributed by atoms with Crippen LogP contribution in [0.5, 0.6) is 0 Å². The lowest BCUT2D eigenvalue weighted by Gasteiger charge is -2.04. The highest BCUT2D eigenvalue weighted by Crippen LogP contribution is 2.26. The summed E-state index contributed by atoms with van der Waals surface area (Å²) in [6.45, 7) is 5.15. The molecule has 0 atom stereocenters. The maximum Gasteiger partial charge on any atom is 0.228 e. The summed E-state index contributed by atoms with van der Waals surface area (Å²) in [4.78, 5) is 27.0. The van der Waals surface area contributed by atoms with Crippen molar-refractivity contribution in [2.75, 3.05) is 10.6 Å². The lowest BCUT2D eigenvalue weighted by molar-refractivity contribution is -0.119. The molecule has 0 bridgehead atoms. The molecule has 0 saturated carbocycles. The van der Waals surface area contributed by atoms with E-state index in [2.05, 4.69) is 15.6 Å². The van der Waals surface area contributed by atoms with Gasteiger partial charge in [0.1, 0.15) is 0 Å². The van der Waals surface area contributed by atoms with Crippen LogP contribution in [0.4, 0.5) is 10.8 Å². The average molecular weight is 303 g/mol. The smallest absolute Gasteiger partial charge is 0.228 e. The van der Waals surface area contributed by atoms with Gasteiger partial charge >= 0.3 is 0 Å². The second-order valence-electron chi connectivity index (χ2n) is 4.94. The van der Waals surface area contributed by atoms with E-state index in [-0.39, 0.29) is 17.7 Å². The van der Waals surface area contributed by atoms with Gasteiger partial charge in [-0.05, 0) is 12.1 Å². The zero-order valence-electron chi connectivity index (χ0n) is 12.1. The summed E-state index contributed by atoms with van der Waals surface area (Å²) in [5, 5.41) is 7.98. The fraction of sp³-hybridized carbons (Fsp3) is 0.267. The number of hydrogen-bond donors (Lipinski definition) is 2. The second kappa shape index (κ2) is 6.49. The Kier molecular flexibility index (Phi) is 4.70. The highest BCUT2D eigenvalue weighted by atomic mass is 32.1. The van der Waals surface area contributed by atoms with Crippen LogP contribution in [-0.2, 0) is 9.59 Å². The molecule has 0 saturated heterocycles. The van der Waals surface area contributed by atoms with E-state index in [1.54, 1.807) is 0 Å². The van der Waals surface area contributed by atoms with Crippen LogP contribution >= 0.6 is 11.3 Å². The van der Waals surface area contributed by atoms with E-state index < -0.39 is 0 Å². The number of carbonyl (C=O) groups excluding carboxylic acids is 2. The third-order valence-corrected chi connectivity index (χ3v) is 3.52. The second-order valence-corrected chi connectivity index (χ2v) is 5.80. The van der Waals surface area contributed by atoms with E-state index in [0.29, 0.717) is 5.13 Å². The molecule has 2 amide bonds. The summed E-state index contributed by atoms with van der Waals surface area (Å²) >= 11 is 1.39. The van der Waals surface area contributed by atoms with Crippen molar-refractivity contribution in [3.63, 3.8) is 0 Å². The van der Waals surface area contributed by atoms with Crippen LogP contribution in [0.25, 0.3) is 11.3 Å². The van der Waals surface area contributed by atoms with Gasteiger partial charge in [0.15, 0.2) is 5.13 Å². The molecule has 0 aliphatic heterocycles. The number of nitrogens with one attached hydrogen (secondary N) is 2. The van der Waals surface area contributed by atoms with Crippen molar-refractivity contribution < 1.29 is 9.59 Å². The van der Waals surface area contributed by atoms with E-state index in [1.807, 2.05) is 43.5 Å². The normalized spacial score (nSPS) is 10.5. The van der Waals surface area contributed by atoms with Crippen LogP contribution in [0.3, 0.4) is 0 Å². The molecule has 5 nitrogen and oxygen atoms in total. The minimum atomic E-state index is -0.102. The zero-order valence-corrected chi connectivity index (χ0v) is 13.0. The molecule has 0 radical (unpaired) electrons. The third kappa shape index (κ3) is 4.13. The first-order valence-corrected chi connectivity index (χ1v) is 7.48. The molecule has 21 heavy (non-hydrogen) atoms. The van der Waals surface area contributed by atoms with Crippen LogP contribution in [0.2, 0.25) is 0 Å². The molecule has 1 aromatic heterocycles. The Morgan fingerprint density at radius 3 is 2.38 bits per heavy atom. The highest BCUT2D eigenvalue weighted by molar-refractivity contribution is 7.14. The first-order valence-electron chi connectivity index (χ1n) is 6.60. The number of nitrogens with zero attached hydrogens (tertiary/aromatic N) is 1. The predicted octanol–water partition coefficient (Wildman–Crippen LogP) is 3.36. The summed E-state index contributed by atoms with van der Waals surface area (Å²) in [7, 11) is 0. The first-order chi connectivity index (χ1) is 9.95. The lowest BCUT2D eigenvalue weighted by atomic mass is 10.1. The third-order valence-electron chi connectivity index (χ3n) is 2.76. The molecule has 1 aromatic carbocycles. The molecular formula is C15H17N3O2S. The van der Waals surface area contributed by atoms with Gasteiger partial charge in [-0.15, -0.1) is 11.3 Å². The van der Waals surface area contributed by atoms with Crippen LogP contribution in [0.15, 0.2) is 29.6 Å². The number of rotatable bonds is 4. The number of hydrogen-bond acceptors (Lipinski definition) is 4. The van der Waals surface area contributed by atoms with Crippen molar-refractivity contribution in [1.29, 1.82) is 0 Å². The van der Waals surface area contributed by atoms with Crippen LogP contribution in [0.1, 0.15) is 20.8 Å². The van der Waals surface area contributed by atoms with Crippen molar-refractivity contribution in [2.45, 2.75) is 20.8 Å². The summed E-state index contributed by atoms with van der Waals surface area (Å²) in [6, 6.07) is 7.41. The van der Waals surface area contributed by atoms with Crippen LogP contribution in [0, 0.1) is 5.92 Å². The maximum absolute atomic E-state index is 11.6. The topological polar surface area (TPSA) is 71.1 Å². The minimum Gasteiger partial charge on any atom is -0.326 e. The lowest BCUT2D eigenvalue weighted by Crippen LogP contribution is -2.17. The largest absolute Gasteiger partial charge is 0.326 e. The van der Waals surface area contributed by atoms with E-state index in [9.17, 15) is 9.59 Å². The van der Waals surface area contributed by atoms with E-state index in [1.165, 1.54) is 18.3 Å². The fourth-order valence-electron chi connectivity index (χ4n) is 1.64. The van der Waals surface area contributed by atoms with E-state index >= 15 is 0 Å². The van der Waals surface area contributed by atoms with Gasteiger partial charge in [-0.2, -0.15) is 0 Å². The summed E-state index contributed by atoms with van der Waals surface area (Å²) in [6.07, 6.45) is 0. The summed E-state index contributed by atoms with van der Waals surface area (Å²) < 4.78 is 0. The SMILES string of the molecule is CC(=O)Nc1ccc(-c2csc(NC(=O)C(C)C)n2)cc1. The quantitative estimate of drug-likeness (QED) is 0.909. The molecular weight excluding hydrogens is 286 g/mol. The predicted molar refractivity (Wildman–Crippen MR) is 85.3 cm³/mol. The Balaban J connectivity index is 2.10. The van der Waals surface area contributed by atoms with Gasteiger partial charge in [0, 0.05) is 29.5 Å². The Bertz CT molecular complexity index is 647. The minimum absolute atomic E-state index is 0.0445. The number of aromatic nitrogens is 1. The van der Waals surface area contributed by atoms with Gasteiger partial charge in [-0.25, -0.2) is 4.98 Å². The number of thiazole rings is 1. The van der Waals surface area contributed by atoms with E-state index in [0.717, 1.165) is 16.9 Å². The van der Waals surface area contributed by atoms with Gasteiger partial charge in [0.25, 0.3) is 0 Å². The van der Waals surface area contributed by atoms with Crippen molar-refractivity contribution >= 4 is 34.0 Å². The van der Waals surface area contributed by atoms with Crippen molar-refractivity contribution in [3.05, 3.63) is 29.6 Å². The van der Waals surface area contributed by atoms with Crippen molar-refractivity contribution in [3.8, 4) is 11.3 Å². The Morgan fingerprint density at radius 2 is 1.81 bits per heavy atom. The molecule has 0 spiro atoms. The molecule has 2 aromatic rings. The fourth-order valence-corrected chi connectivity index (χ4v) is 2.36. The van der Waals surface area contributed by atoms with Crippen LogP contribution in [-0.4, -0.2) is 16.8 Å². The molecule has 110 valence electrons. The maximum atomic E-state index is 11.6. The number of carbonyl (C=O) groups is 2. The number of benzene rings is 1. The molecule has 2 rings (SSSR count). The molecule has 0 fully saturated rings. The molecule has 0 aliphatic carbocycles. The van der Waals surface area contributed by atoms with Gasteiger partial charge in [-0.1, -0.05) is 26.0 Å². The molecule has 6 heteroatoms. The van der Waals surface area contributed by atoms with Gasteiger partial charge in [-0.3, -0.25) is 9.59 Å². The van der Waals surface area contributed by atoms with E-state index in [4.69, 9.17) is 0 Å². The van der Waals surface area contributed by atoms with Gasteiger partial charge < -0.3 is 10.6 Å². The molecule has 0 unspecified atom stereocenters.